The number of rotatable bonds is 3. The van der Waals surface area contributed by atoms with E-state index in [1.807, 2.05) is 24.3 Å². The monoisotopic (exact) mass is 284 g/mol. The predicted octanol–water partition coefficient (Wildman–Crippen LogP) is 0.822. The summed E-state index contributed by atoms with van der Waals surface area (Å²) in [6, 6.07) is 7.71. The number of hydrogen-bond donors (Lipinski definition) is 1. The zero-order chi connectivity index (χ0) is 14.0. The number of aliphatic hydroxyl groups is 1. The fourth-order valence-corrected chi connectivity index (χ4v) is 3.22. The highest BCUT2D eigenvalue weighted by Crippen LogP contribution is 2.27. The SMILES string of the molecule is CC(O)c1ccccc1N1CCN(S(C)(=O)=O)CC1. The molecule has 19 heavy (non-hydrogen) atoms. The fraction of sp³-hybridized carbons (Fsp3) is 0.538. The summed E-state index contributed by atoms with van der Waals surface area (Å²) >= 11 is 0. The van der Waals surface area contributed by atoms with Gasteiger partial charge in [-0.05, 0) is 13.0 Å². The van der Waals surface area contributed by atoms with Gasteiger partial charge in [-0.25, -0.2) is 8.42 Å². The summed E-state index contributed by atoms with van der Waals surface area (Å²) in [5.41, 5.74) is 1.88. The molecule has 0 saturated carbocycles. The lowest BCUT2D eigenvalue weighted by atomic mass is 10.1. The molecule has 0 aliphatic carbocycles. The zero-order valence-electron chi connectivity index (χ0n) is 11.3. The van der Waals surface area contributed by atoms with E-state index in [1.165, 1.54) is 10.6 Å². The van der Waals surface area contributed by atoms with Crippen LogP contribution < -0.4 is 4.90 Å². The van der Waals surface area contributed by atoms with Gasteiger partial charge < -0.3 is 10.0 Å². The Bertz CT molecular complexity index is 535. The molecule has 1 aromatic carbocycles. The van der Waals surface area contributed by atoms with Gasteiger partial charge in [0.15, 0.2) is 0 Å². The van der Waals surface area contributed by atoms with Crippen molar-refractivity contribution in [2.45, 2.75) is 13.0 Å². The predicted molar refractivity (Wildman–Crippen MR) is 75.7 cm³/mol. The lowest BCUT2D eigenvalue weighted by Crippen LogP contribution is -2.48. The number of nitrogens with zero attached hydrogens (tertiary/aromatic N) is 2. The van der Waals surface area contributed by atoms with Crippen molar-refractivity contribution < 1.29 is 13.5 Å². The summed E-state index contributed by atoms with van der Waals surface area (Å²) in [4.78, 5) is 2.13. The van der Waals surface area contributed by atoms with Crippen molar-refractivity contribution in [2.24, 2.45) is 0 Å². The number of anilines is 1. The Labute approximate surface area is 114 Å². The van der Waals surface area contributed by atoms with Gasteiger partial charge in [-0.2, -0.15) is 4.31 Å². The molecule has 6 heteroatoms. The van der Waals surface area contributed by atoms with Gasteiger partial charge in [0.05, 0.1) is 12.4 Å². The minimum Gasteiger partial charge on any atom is -0.389 e. The summed E-state index contributed by atoms with van der Waals surface area (Å²) in [6.07, 6.45) is 0.719. The third kappa shape index (κ3) is 3.26. The Morgan fingerprint density at radius 1 is 1.16 bits per heavy atom. The number of aliphatic hydroxyl groups excluding tert-OH is 1. The molecule has 0 amide bonds. The quantitative estimate of drug-likeness (QED) is 0.893. The van der Waals surface area contributed by atoms with Crippen LogP contribution in [0, 0.1) is 0 Å². The van der Waals surface area contributed by atoms with Crippen LogP contribution in [0.15, 0.2) is 24.3 Å². The van der Waals surface area contributed by atoms with Gasteiger partial charge in [-0.15, -0.1) is 0 Å². The number of para-hydroxylation sites is 1. The van der Waals surface area contributed by atoms with E-state index in [0.717, 1.165) is 11.3 Å². The summed E-state index contributed by atoms with van der Waals surface area (Å²) in [5, 5.41) is 9.78. The van der Waals surface area contributed by atoms with Crippen LogP contribution in [-0.4, -0.2) is 50.3 Å². The Balaban J connectivity index is 2.14. The molecule has 2 rings (SSSR count). The summed E-state index contributed by atoms with van der Waals surface area (Å²) in [6.45, 7) is 4.03. The maximum absolute atomic E-state index is 11.5. The molecule has 0 aromatic heterocycles. The minimum atomic E-state index is -3.10. The van der Waals surface area contributed by atoms with Gasteiger partial charge in [0.2, 0.25) is 10.0 Å². The lowest BCUT2D eigenvalue weighted by molar-refractivity contribution is 0.199. The molecular weight excluding hydrogens is 264 g/mol. The second-order valence-corrected chi connectivity index (χ2v) is 6.87. The maximum Gasteiger partial charge on any atom is 0.211 e. The molecule has 1 N–H and O–H groups in total. The third-order valence-electron chi connectivity index (χ3n) is 3.44. The van der Waals surface area contributed by atoms with Crippen molar-refractivity contribution in [1.29, 1.82) is 0 Å². The Morgan fingerprint density at radius 2 is 1.74 bits per heavy atom. The molecule has 0 bridgehead atoms. The molecule has 1 atom stereocenters. The third-order valence-corrected chi connectivity index (χ3v) is 4.74. The molecule has 1 aromatic rings. The Hall–Kier alpha value is -1.11. The summed E-state index contributed by atoms with van der Waals surface area (Å²) in [7, 11) is -3.10. The topological polar surface area (TPSA) is 60.9 Å². The van der Waals surface area contributed by atoms with E-state index in [9.17, 15) is 13.5 Å². The van der Waals surface area contributed by atoms with Gasteiger partial charge in [0, 0.05) is 37.4 Å². The van der Waals surface area contributed by atoms with Crippen LogP contribution in [0.3, 0.4) is 0 Å². The van der Waals surface area contributed by atoms with E-state index in [2.05, 4.69) is 4.90 Å². The molecule has 1 heterocycles. The number of benzene rings is 1. The first-order chi connectivity index (χ1) is 8.89. The van der Waals surface area contributed by atoms with Crippen LogP contribution in [0.1, 0.15) is 18.6 Å². The second-order valence-electron chi connectivity index (χ2n) is 4.88. The molecule has 5 nitrogen and oxygen atoms in total. The van der Waals surface area contributed by atoms with Crippen LogP contribution in [-0.2, 0) is 10.0 Å². The highest BCUT2D eigenvalue weighted by molar-refractivity contribution is 7.88. The highest BCUT2D eigenvalue weighted by atomic mass is 32.2. The molecule has 1 aliphatic rings. The molecule has 1 fully saturated rings. The van der Waals surface area contributed by atoms with Crippen molar-refractivity contribution in [3.63, 3.8) is 0 Å². The average molecular weight is 284 g/mol. The number of hydrogen-bond acceptors (Lipinski definition) is 4. The second kappa shape index (κ2) is 5.48. The molecular formula is C13H20N2O3S. The van der Waals surface area contributed by atoms with Crippen LogP contribution in [0.2, 0.25) is 0 Å². The Morgan fingerprint density at radius 3 is 2.26 bits per heavy atom. The van der Waals surface area contributed by atoms with Crippen LogP contribution in [0.5, 0.6) is 0 Å². The Kier molecular flexibility index (Phi) is 4.13. The standard InChI is InChI=1S/C13H20N2O3S/c1-11(16)12-5-3-4-6-13(12)14-7-9-15(10-8-14)19(2,17)18/h3-6,11,16H,7-10H2,1-2H3. The van der Waals surface area contributed by atoms with Crippen molar-refractivity contribution in [3.05, 3.63) is 29.8 Å². The first kappa shape index (κ1) is 14.3. The van der Waals surface area contributed by atoms with Gasteiger partial charge in [-0.1, -0.05) is 18.2 Å². The normalized spacial score (nSPS) is 19.4. The van der Waals surface area contributed by atoms with E-state index < -0.39 is 16.1 Å². The number of sulfonamides is 1. The van der Waals surface area contributed by atoms with Crippen LogP contribution >= 0.6 is 0 Å². The number of piperazine rings is 1. The summed E-state index contributed by atoms with van der Waals surface area (Å²) in [5.74, 6) is 0. The first-order valence-corrected chi connectivity index (χ1v) is 8.21. The van der Waals surface area contributed by atoms with E-state index in [4.69, 9.17) is 0 Å². The fourth-order valence-electron chi connectivity index (χ4n) is 2.39. The van der Waals surface area contributed by atoms with Crippen LogP contribution in [0.4, 0.5) is 5.69 Å². The molecule has 1 unspecified atom stereocenters. The van der Waals surface area contributed by atoms with Gasteiger partial charge in [0.1, 0.15) is 0 Å². The summed E-state index contributed by atoms with van der Waals surface area (Å²) < 4.78 is 24.4. The van der Waals surface area contributed by atoms with Crippen molar-refractivity contribution >= 4 is 15.7 Å². The van der Waals surface area contributed by atoms with E-state index >= 15 is 0 Å². The van der Waals surface area contributed by atoms with Gasteiger partial charge >= 0.3 is 0 Å². The van der Waals surface area contributed by atoms with E-state index in [-0.39, 0.29) is 0 Å². The minimum absolute atomic E-state index is 0.493. The largest absolute Gasteiger partial charge is 0.389 e. The van der Waals surface area contributed by atoms with Crippen molar-refractivity contribution in [2.75, 3.05) is 37.3 Å². The van der Waals surface area contributed by atoms with Crippen molar-refractivity contribution in [3.8, 4) is 0 Å². The highest BCUT2D eigenvalue weighted by Gasteiger charge is 2.24. The smallest absolute Gasteiger partial charge is 0.211 e. The van der Waals surface area contributed by atoms with Gasteiger partial charge in [-0.3, -0.25) is 0 Å². The van der Waals surface area contributed by atoms with Crippen molar-refractivity contribution in [1.82, 2.24) is 4.31 Å². The molecule has 0 radical (unpaired) electrons. The average Bonchev–Trinajstić information content (AvgIpc) is 2.38. The van der Waals surface area contributed by atoms with Gasteiger partial charge in [0.25, 0.3) is 0 Å². The maximum atomic E-state index is 11.5. The van der Waals surface area contributed by atoms with Crippen LogP contribution in [0.25, 0.3) is 0 Å². The molecule has 1 saturated heterocycles. The van der Waals surface area contributed by atoms with E-state index in [1.54, 1.807) is 6.92 Å². The first-order valence-electron chi connectivity index (χ1n) is 6.36. The molecule has 0 spiro atoms. The lowest BCUT2D eigenvalue weighted by Gasteiger charge is -2.36. The molecule has 106 valence electrons. The zero-order valence-corrected chi connectivity index (χ0v) is 12.1. The van der Waals surface area contributed by atoms with E-state index in [0.29, 0.717) is 26.2 Å². The molecule has 1 aliphatic heterocycles.